The van der Waals surface area contributed by atoms with Crippen LogP contribution < -0.4 is 16.4 Å². The molecule has 0 fully saturated rings. The predicted molar refractivity (Wildman–Crippen MR) is 110 cm³/mol. The quantitative estimate of drug-likeness (QED) is 0.258. The first kappa shape index (κ1) is 23.9. The van der Waals surface area contributed by atoms with Crippen molar-refractivity contribution < 1.29 is 0 Å². The molecule has 0 aromatic rings. The van der Waals surface area contributed by atoms with E-state index in [0.717, 1.165) is 26.2 Å². The third-order valence-corrected chi connectivity index (χ3v) is 4.76. The van der Waals surface area contributed by atoms with Gasteiger partial charge in [-0.2, -0.15) is 0 Å². The Balaban J connectivity index is 2.93. The van der Waals surface area contributed by atoms with Gasteiger partial charge >= 0.3 is 0 Å². The van der Waals surface area contributed by atoms with Gasteiger partial charge in [-0.15, -0.1) is 0 Å². The summed E-state index contributed by atoms with van der Waals surface area (Å²) in [7, 11) is 0. The molecule has 4 N–H and O–H groups in total. The molecular weight excluding hydrogens is 294 g/mol. The van der Waals surface area contributed by atoms with Crippen molar-refractivity contribution >= 4 is 0 Å². The average Bonchev–Trinajstić information content (AvgIpc) is 2.60. The molecule has 0 saturated carbocycles. The van der Waals surface area contributed by atoms with E-state index in [1.54, 1.807) is 0 Å². The van der Waals surface area contributed by atoms with Crippen LogP contribution >= 0.6 is 0 Å². The van der Waals surface area contributed by atoms with E-state index in [-0.39, 0.29) is 0 Å². The maximum absolute atomic E-state index is 5.43. The Hall–Kier alpha value is -0.120. The van der Waals surface area contributed by atoms with Crippen LogP contribution in [0.15, 0.2) is 0 Å². The molecule has 3 nitrogen and oxygen atoms in total. The zero-order valence-electron chi connectivity index (χ0n) is 16.7. The van der Waals surface area contributed by atoms with Crippen molar-refractivity contribution in [1.29, 1.82) is 0 Å². The molecule has 0 aliphatic carbocycles. The van der Waals surface area contributed by atoms with Gasteiger partial charge in [0.2, 0.25) is 0 Å². The topological polar surface area (TPSA) is 50.1 Å². The number of unbranched alkanes of at least 4 members (excludes halogenated alkanes) is 14. The zero-order chi connectivity index (χ0) is 17.6. The van der Waals surface area contributed by atoms with E-state index >= 15 is 0 Å². The van der Waals surface area contributed by atoms with Crippen molar-refractivity contribution in [2.75, 3.05) is 32.7 Å². The van der Waals surface area contributed by atoms with Gasteiger partial charge in [-0.05, 0) is 13.0 Å². The van der Waals surface area contributed by atoms with Crippen LogP contribution in [0.2, 0.25) is 0 Å². The van der Waals surface area contributed by atoms with Gasteiger partial charge in [0.05, 0.1) is 0 Å². The van der Waals surface area contributed by atoms with Crippen molar-refractivity contribution in [3.8, 4) is 0 Å². The fraction of sp³-hybridized carbons (Fsp3) is 1.00. The maximum Gasteiger partial charge on any atom is 0.00772 e. The molecule has 0 spiro atoms. The summed E-state index contributed by atoms with van der Waals surface area (Å²) in [5.74, 6) is 0. The van der Waals surface area contributed by atoms with Crippen molar-refractivity contribution in [3.05, 3.63) is 0 Å². The second-order valence-electron chi connectivity index (χ2n) is 7.24. The molecule has 0 rings (SSSR count). The number of hydrogen-bond acceptors (Lipinski definition) is 3. The molecule has 0 heterocycles. The predicted octanol–water partition coefficient (Wildman–Crippen LogP) is 5.00. The number of rotatable bonds is 21. The molecular formula is C21H47N3. The first-order valence-corrected chi connectivity index (χ1v) is 11.0. The molecule has 0 atom stereocenters. The van der Waals surface area contributed by atoms with Crippen molar-refractivity contribution in [2.45, 2.75) is 103 Å². The summed E-state index contributed by atoms with van der Waals surface area (Å²) in [6, 6.07) is 0. The molecule has 0 unspecified atom stereocenters. The van der Waals surface area contributed by atoms with Crippen molar-refractivity contribution in [1.82, 2.24) is 10.6 Å². The van der Waals surface area contributed by atoms with E-state index in [9.17, 15) is 0 Å². The van der Waals surface area contributed by atoms with E-state index in [2.05, 4.69) is 17.6 Å². The summed E-state index contributed by atoms with van der Waals surface area (Å²) in [5, 5.41) is 6.79. The number of nitrogens with two attached hydrogens (primary N) is 1. The van der Waals surface area contributed by atoms with Crippen LogP contribution in [0.1, 0.15) is 103 Å². The van der Waals surface area contributed by atoms with Gasteiger partial charge in [0.15, 0.2) is 0 Å². The summed E-state index contributed by atoms with van der Waals surface area (Å²) >= 11 is 0. The van der Waals surface area contributed by atoms with Crippen molar-refractivity contribution in [2.24, 2.45) is 5.73 Å². The van der Waals surface area contributed by atoms with Gasteiger partial charge in [-0.25, -0.2) is 0 Å². The highest BCUT2D eigenvalue weighted by molar-refractivity contribution is 4.54. The fourth-order valence-corrected chi connectivity index (χ4v) is 3.15. The number of nitrogens with one attached hydrogen (secondary N) is 2. The van der Waals surface area contributed by atoms with Crippen molar-refractivity contribution in [3.63, 3.8) is 0 Å². The second-order valence-corrected chi connectivity index (χ2v) is 7.24. The fourth-order valence-electron chi connectivity index (χ4n) is 3.15. The average molecular weight is 342 g/mol. The Morgan fingerprint density at radius 2 is 0.833 bits per heavy atom. The van der Waals surface area contributed by atoms with E-state index < -0.39 is 0 Å². The van der Waals surface area contributed by atoms with Crippen LogP contribution in [0, 0.1) is 0 Å². The summed E-state index contributed by atoms with van der Waals surface area (Å²) < 4.78 is 0. The largest absolute Gasteiger partial charge is 0.329 e. The van der Waals surface area contributed by atoms with Gasteiger partial charge in [-0.3, -0.25) is 0 Å². The highest BCUT2D eigenvalue weighted by Gasteiger charge is 1.94. The Labute approximate surface area is 152 Å². The van der Waals surface area contributed by atoms with Crippen LogP contribution in [0.25, 0.3) is 0 Å². The second kappa shape index (κ2) is 22.9. The smallest absolute Gasteiger partial charge is 0.00772 e. The lowest BCUT2D eigenvalue weighted by Crippen LogP contribution is -2.31. The molecule has 0 saturated heterocycles. The van der Waals surface area contributed by atoms with Crippen LogP contribution in [0.4, 0.5) is 0 Å². The Bertz CT molecular complexity index is 187. The summed E-state index contributed by atoms with van der Waals surface area (Å²) in [5.41, 5.74) is 5.43. The molecule has 0 aromatic carbocycles. The van der Waals surface area contributed by atoms with Gasteiger partial charge < -0.3 is 16.4 Å². The van der Waals surface area contributed by atoms with E-state index in [1.807, 2.05) is 0 Å². The SMILES string of the molecule is CCCCCCCCCCCCCCCCCNCCNCCN. The van der Waals surface area contributed by atoms with Crippen LogP contribution in [0.3, 0.4) is 0 Å². The molecule has 0 radical (unpaired) electrons. The van der Waals surface area contributed by atoms with Gasteiger partial charge in [-0.1, -0.05) is 96.8 Å². The lowest BCUT2D eigenvalue weighted by molar-refractivity contribution is 0.525. The molecule has 0 aliphatic heterocycles. The minimum atomic E-state index is 0.735. The molecule has 0 aromatic heterocycles. The lowest BCUT2D eigenvalue weighted by Gasteiger charge is -2.06. The normalized spacial score (nSPS) is 11.2. The van der Waals surface area contributed by atoms with E-state index in [4.69, 9.17) is 5.73 Å². The van der Waals surface area contributed by atoms with Gasteiger partial charge in [0, 0.05) is 26.2 Å². The molecule has 3 heteroatoms. The summed E-state index contributed by atoms with van der Waals surface area (Å²) in [6.45, 7) is 7.23. The van der Waals surface area contributed by atoms with Gasteiger partial charge in [0.25, 0.3) is 0 Å². The molecule has 0 bridgehead atoms. The summed E-state index contributed by atoms with van der Waals surface area (Å²) in [4.78, 5) is 0. The third kappa shape index (κ3) is 21.9. The Morgan fingerprint density at radius 3 is 1.25 bits per heavy atom. The standard InChI is InChI=1S/C21H47N3/c1-2-3-4-5-6-7-8-9-10-11-12-13-14-15-16-18-23-20-21-24-19-17-22/h23-24H,2-22H2,1H3. The third-order valence-electron chi connectivity index (χ3n) is 4.76. The minimum absolute atomic E-state index is 0.735. The highest BCUT2D eigenvalue weighted by atomic mass is 14.9. The first-order chi connectivity index (χ1) is 11.9. The molecule has 24 heavy (non-hydrogen) atoms. The minimum Gasteiger partial charge on any atom is -0.329 e. The Morgan fingerprint density at radius 1 is 0.458 bits per heavy atom. The van der Waals surface area contributed by atoms with E-state index in [0.29, 0.717) is 0 Å². The van der Waals surface area contributed by atoms with Crippen LogP contribution in [0.5, 0.6) is 0 Å². The number of hydrogen-bond donors (Lipinski definition) is 3. The molecule has 0 amide bonds. The first-order valence-electron chi connectivity index (χ1n) is 11.0. The zero-order valence-corrected chi connectivity index (χ0v) is 16.7. The maximum atomic E-state index is 5.43. The van der Waals surface area contributed by atoms with Crippen LogP contribution in [-0.2, 0) is 0 Å². The summed E-state index contributed by atoms with van der Waals surface area (Å²) in [6.07, 6.45) is 21.6. The molecule has 146 valence electrons. The van der Waals surface area contributed by atoms with Crippen LogP contribution in [-0.4, -0.2) is 32.7 Å². The molecule has 0 aliphatic rings. The van der Waals surface area contributed by atoms with E-state index in [1.165, 1.54) is 103 Å². The Kier molecular flexibility index (Phi) is 22.8. The lowest BCUT2D eigenvalue weighted by atomic mass is 10.0. The van der Waals surface area contributed by atoms with Gasteiger partial charge in [0.1, 0.15) is 0 Å². The highest BCUT2D eigenvalue weighted by Crippen LogP contribution is 2.13. The monoisotopic (exact) mass is 341 g/mol.